The van der Waals surface area contributed by atoms with Crippen molar-refractivity contribution < 1.29 is 23.8 Å². The first-order valence-corrected chi connectivity index (χ1v) is 8.39. The van der Waals surface area contributed by atoms with Crippen molar-refractivity contribution in [2.45, 2.75) is 26.2 Å². The second-order valence-corrected chi connectivity index (χ2v) is 6.47. The van der Waals surface area contributed by atoms with Gasteiger partial charge in [0.1, 0.15) is 0 Å². The third-order valence-electron chi connectivity index (χ3n) is 4.72. The average Bonchev–Trinajstić information content (AvgIpc) is 3.22. The minimum Gasteiger partial charge on any atom is -0.493 e. The van der Waals surface area contributed by atoms with Gasteiger partial charge in [-0.25, -0.2) is 4.79 Å². The number of hydrogen-bond donors (Lipinski definition) is 0. The molecular formula is C18H23NO5. The molecule has 2 heterocycles. The standard InChI is InChI=1S/C18H23NO5/c1-12-11-23-17(20)14(12)9-13-5-6-15(16(10-13)22-2)24-18(21)19-7-3-4-8-19/h5-6,10,12,14H,3-4,7-9,11H2,1-2H3/t12-,14?/m0/s1. The van der Waals surface area contributed by atoms with Crippen molar-refractivity contribution in [3.8, 4) is 11.5 Å². The van der Waals surface area contributed by atoms with Gasteiger partial charge < -0.3 is 19.1 Å². The SMILES string of the molecule is COc1cc(CC2C(=O)OC[C@@H]2C)ccc1OC(=O)N1CCCC1. The lowest BCUT2D eigenvalue weighted by molar-refractivity contribution is -0.141. The molecule has 2 saturated heterocycles. The zero-order valence-electron chi connectivity index (χ0n) is 14.1. The highest BCUT2D eigenvalue weighted by Gasteiger charge is 2.33. The Morgan fingerprint density at radius 2 is 2.04 bits per heavy atom. The number of rotatable bonds is 4. The van der Waals surface area contributed by atoms with Crippen molar-refractivity contribution in [2.24, 2.45) is 11.8 Å². The van der Waals surface area contributed by atoms with E-state index in [1.807, 2.05) is 19.1 Å². The lowest BCUT2D eigenvalue weighted by Crippen LogP contribution is -2.30. The molecule has 1 unspecified atom stereocenters. The smallest absolute Gasteiger partial charge is 0.415 e. The summed E-state index contributed by atoms with van der Waals surface area (Å²) < 4.78 is 15.9. The molecule has 1 amide bonds. The molecule has 3 rings (SSSR count). The lowest BCUT2D eigenvalue weighted by atomic mass is 9.90. The van der Waals surface area contributed by atoms with Crippen molar-refractivity contribution >= 4 is 12.1 Å². The van der Waals surface area contributed by atoms with Crippen LogP contribution in [0.4, 0.5) is 4.79 Å². The van der Waals surface area contributed by atoms with Gasteiger partial charge in [0.15, 0.2) is 11.5 Å². The van der Waals surface area contributed by atoms with Gasteiger partial charge >= 0.3 is 12.1 Å². The number of ether oxygens (including phenoxy) is 3. The van der Waals surface area contributed by atoms with E-state index in [1.165, 1.54) is 0 Å². The fourth-order valence-corrected chi connectivity index (χ4v) is 3.19. The summed E-state index contributed by atoms with van der Waals surface area (Å²) in [5.41, 5.74) is 0.962. The predicted molar refractivity (Wildman–Crippen MR) is 87.1 cm³/mol. The van der Waals surface area contributed by atoms with Gasteiger partial charge in [0.25, 0.3) is 0 Å². The lowest BCUT2D eigenvalue weighted by Gasteiger charge is -2.17. The molecule has 0 saturated carbocycles. The largest absolute Gasteiger partial charge is 0.493 e. The molecule has 2 aliphatic rings. The van der Waals surface area contributed by atoms with E-state index in [0.717, 1.165) is 31.5 Å². The van der Waals surface area contributed by atoms with E-state index in [1.54, 1.807) is 18.1 Å². The van der Waals surface area contributed by atoms with Crippen LogP contribution in [-0.2, 0) is 16.0 Å². The molecular weight excluding hydrogens is 310 g/mol. The normalized spacial score (nSPS) is 23.2. The summed E-state index contributed by atoms with van der Waals surface area (Å²) >= 11 is 0. The highest BCUT2D eigenvalue weighted by molar-refractivity contribution is 5.75. The van der Waals surface area contributed by atoms with Crippen molar-refractivity contribution in [2.75, 3.05) is 26.8 Å². The minimum absolute atomic E-state index is 0.132. The molecule has 0 radical (unpaired) electrons. The Hall–Kier alpha value is -2.24. The summed E-state index contributed by atoms with van der Waals surface area (Å²) in [4.78, 5) is 25.6. The van der Waals surface area contributed by atoms with Crippen molar-refractivity contribution in [3.63, 3.8) is 0 Å². The maximum Gasteiger partial charge on any atom is 0.415 e. The number of carbonyl (C=O) groups excluding carboxylic acids is 2. The molecule has 0 spiro atoms. The summed E-state index contributed by atoms with van der Waals surface area (Å²) in [6.07, 6.45) is 2.28. The molecule has 0 N–H and O–H groups in total. The maximum absolute atomic E-state index is 12.1. The Morgan fingerprint density at radius 1 is 1.29 bits per heavy atom. The van der Waals surface area contributed by atoms with Gasteiger partial charge in [-0.2, -0.15) is 0 Å². The van der Waals surface area contributed by atoms with Crippen LogP contribution < -0.4 is 9.47 Å². The van der Waals surface area contributed by atoms with Gasteiger partial charge in [-0.3, -0.25) is 4.79 Å². The number of esters is 1. The van der Waals surface area contributed by atoms with Crippen molar-refractivity contribution in [1.82, 2.24) is 4.90 Å². The Bertz CT molecular complexity index is 624. The first-order chi connectivity index (χ1) is 11.6. The molecule has 2 fully saturated rings. The number of amides is 1. The molecule has 6 heteroatoms. The third kappa shape index (κ3) is 3.47. The van der Waals surface area contributed by atoms with E-state index in [-0.39, 0.29) is 23.9 Å². The van der Waals surface area contributed by atoms with Gasteiger partial charge in [0.05, 0.1) is 19.6 Å². The highest BCUT2D eigenvalue weighted by atomic mass is 16.6. The molecule has 6 nitrogen and oxygen atoms in total. The first-order valence-electron chi connectivity index (χ1n) is 8.39. The Labute approximate surface area is 141 Å². The second-order valence-electron chi connectivity index (χ2n) is 6.47. The number of benzene rings is 1. The summed E-state index contributed by atoms with van der Waals surface area (Å²) in [6.45, 7) is 3.97. The summed E-state index contributed by atoms with van der Waals surface area (Å²) in [6, 6.07) is 5.42. The van der Waals surface area contributed by atoms with Crippen LogP contribution in [0.3, 0.4) is 0 Å². The number of nitrogens with zero attached hydrogens (tertiary/aromatic N) is 1. The Kier molecular flexibility index (Phi) is 4.92. The quantitative estimate of drug-likeness (QED) is 0.793. The number of cyclic esters (lactones) is 1. The molecule has 0 aromatic heterocycles. The zero-order chi connectivity index (χ0) is 17.1. The minimum atomic E-state index is -0.341. The van der Waals surface area contributed by atoms with E-state index in [0.29, 0.717) is 24.5 Å². The summed E-state index contributed by atoms with van der Waals surface area (Å²) in [5, 5.41) is 0. The molecule has 2 aliphatic heterocycles. The number of hydrogen-bond acceptors (Lipinski definition) is 5. The Morgan fingerprint density at radius 3 is 2.67 bits per heavy atom. The maximum atomic E-state index is 12.1. The zero-order valence-corrected chi connectivity index (χ0v) is 14.1. The van der Waals surface area contributed by atoms with Gasteiger partial charge in [-0.1, -0.05) is 13.0 Å². The van der Waals surface area contributed by atoms with Crippen LogP contribution in [0.15, 0.2) is 18.2 Å². The highest BCUT2D eigenvalue weighted by Crippen LogP contribution is 2.32. The fraction of sp³-hybridized carbons (Fsp3) is 0.556. The number of likely N-dealkylation sites (tertiary alicyclic amines) is 1. The van der Waals surface area contributed by atoms with Crippen LogP contribution in [0.2, 0.25) is 0 Å². The van der Waals surface area contributed by atoms with Gasteiger partial charge in [0, 0.05) is 19.0 Å². The van der Waals surface area contributed by atoms with E-state index in [9.17, 15) is 9.59 Å². The first kappa shape index (κ1) is 16.6. The van der Waals surface area contributed by atoms with Crippen LogP contribution in [0.25, 0.3) is 0 Å². The van der Waals surface area contributed by atoms with E-state index in [2.05, 4.69) is 0 Å². The van der Waals surface area contributed by atoms with E-state index in [4.69, 9.17) is 14.2 Å². The number of methoxy groups -OCH3 is 1. The summed E-state index contributed by atoms with van der Waals surface area (Å²) in [5.74, 6) is 0.828. The topological polar surface area (TPSA) is 65.1 Å². The van der Waals surface area contributed by atoms with Crippen LogP contribution in [0, 0.1) is 11.8 Å². The third-order valence-corrected chi connectivity index (χ3v) is 4.72. The summed E-state index contributed by atoms with van der Waals surface area (Å²) in [7, 11) is 1.54. The van der Waals surface area contributed by atoms with Crippen molar-refractivity contribution in [3.05, 3.63) is 23.8 Å². The van der Waals surface area contributed by atoms with Gasteiger partial charge in [-0.05, 0) is 37.0 Å². The van der Waals surface area contributed by atoms with E-state index >= 15 is 0 Å². The van der Waals surface area contributed by atoms with E-state index < -0.39 is 0 Å². The number of carbonyl (C=O) groups is 2. The molecule has 0 aliphatic carbocycles. The Balaban J connectivity index is 1.70. The monoisotopic (exact) mass is 333 g/mol. The fourth-order valence-electron chi connectivity index (χ4n) is 3.19. The second kappa shape index (κ2) is 7.11. The van der Waals surface area contributed by atoms with Crippen LogP contribution >= 0.6 is 0 Å². The molecule has 130 valence electrons. The van der Waals surface area contributed by atoms with Crippen molar-refractivity contribution in [1.29, 1.82) is 0 Å². The predicted octanol–water partition coefficient (Wildman–Crippen LogP) is 2.64. The molecule has 1 aromatic rings. The van der Waals surface area contributed by atoms with Gasteiger partial charge in [0.2, 0.25) is 0 Å². The van der Waals surface area contributed by atoms with Gasteiger partial charge in [-0.15, -0.1) is 0 Å². The average molecular weight is 333 g/mol. The molecule has 2 atom stereocenters. The molecule has 24 heavy (non-hydrogen) atoms. The molecule has 1 aromatic carbocycles. The van der Waals surface area contributed by atoms with Crippen LogP contribution in [-0.4, -0.2) is 43.8 Å². The van der Waals surface area contributed by atoms with Crippen LogP contribution in [0.5, 0.6) is 11.5 Å². The molecule has 0 bridgehead atoms. The van der Waals surface area contributed by atoms with Crippen LogP contribution in [0.1, 0.15) is 25.3 Å².